The molecule has 0 amide bonds. The number of fused-ring (bicyclic) bond motifs is 6. The minimum absolute atomic E-state index is 1.12. The molecule has 0 atom stereocenters. The average molecular weight is 762 g/mol. The Morgan fingerprint density at radius 2 is 0.667 bits per heavy atom. The average Bonchev–Trinajstić information content (AvgIpc) is 3.87. The van der Waals surface area contributed by atoms with Crippen LogP contribution in [-0.2, 0) is 0 Å². The summed E-state index contributed by atoms with van der Waals surface area (Å²) in [5.74, 6) is 0. The van der Waals surface area contributed by atoms with E-state index in [4.69, 9.17) is 0 Å². The lowest BCUT2D eigenvalue weighted by molar-refractivity contribution is 1.30. The predicted molar refractivity (Wildman–Crippen MR) is 249 cm³/mol. The maximum atomic E-state index is 2.44. The summed E-state index contributed by atoms with van der Waals surface area (Å²) in [6, 6.07) is 77.4. The Morgan fingerprint density at radius 1 is 0.263 bits per heavy atom. The van der Waals surface area contributed by atoms with E-state index < -0.39 is 0 Å². The van der Waals surface area contributed by atoms with E-state index in [-0.39, 0.29) is 0 Å². The zero-order chi connectivity index (χ0) is 37.7. The first-order chi connectivity index (χ1) is 28.3. The molecule has 0 spiro atoms. The largest absolute Gasteiger partial charge is 0.309 e. The number of hydrogen-bond donors (Lipinski definition) is 0. The number of benzene rings is 9. The second-order valence-corrected chi connectivity index (χ2v) is 16.5. The fourth-order valence-corrected chi connectivity index (χ4v) is 10.9. The van der Waals surface area contributed by atoms with Crippen LogP contribution in [0.4, 0.5) is 17.1 Å². The molecule has 57 heavy (non-hydrogen) atoms. The van der Waals surface area contributed by atoms with E-state index in [0.717, 1.165) is 11.4 Å². The Morgan fingerprint density at radius 3 is 1.28 bits per heavy atom. The van der Waals surface area contributed by atoms with Gasteiger partial charge in [-0.3, -0.25) is 0 Å². The van der Waals surface area contributed by atoms with E-state index in [0.29, 0.717) is 0 Å². The highest BCUT2D eigenvalue weighted by molar-refractivity contribution is 7.27. The van der Waals surface area contributed by atoms with Crippen molar-refractivity contribution in [1.29, 1.82) is 0 Å². The molecule has 3 heteroatoms. The Kier molecular flexibility index (Phi) is 8.28. The zero-order valence-corrected chi connectivity index (χ0v) is 32.6. The van der Waals surface area contributed by atoms with Crippen LogP contribution in [-0.4, -0.2) is 0 Å². The fourth-order valence-electron chi connectivity index (χ4n) is 8.31. The minimum Gasteiger partial charge on any atom is -0.309 e. The van der Waals surface area contributed by atoms with Crippen molar-refractivity contribution in [3.63, 3.8) is 0 Å². The molecule has 0 fully saturated rings. The van der Waals surface area contributed by atoms with Gasteiger partial charge in [0.2, 0.25) is 0 Å². The van der Waals surface area contributed by atoms with Gasteiger partial charge in [0.15, 0.2) is 0 Å². The SMILES string of the molecule is c1ccc(-c2ccc(-c3ccc(N(c4ccc(-c5cccc6c5sc5ccccc56)cc4)c4cccc5c4sc4c(-c6ccccc6)cccc45)cc3)cc2)cc1. The van der Waals surface area contributed by atoms with Crippen LogP contribution in [0.2, 0.25) is 0 Å². The smallest absolute Gasteiger partial charge is 0.0640 e. The van der Waals surface area contributed by atoms with Gasteiger partial charge in [-0.15, -0.1) is 22.7 Å². The van der Waals surface area contributed by atoms with Crippen molar-refractivity contribution >= 4 is 80.1 Å². The first kappa shape index (κ1) is 33.5. The van der Waals surface area contributed by atoms with Gasteiger partial charge in [-0.05, 0) is 80.9 Å². The van der Waals surface area contributed by atoms with Gasteiger partial charge in [-0.25, -0.2) is 0 Å². The quantitative estimate of drug-likeness (QED) is 0.156. The molecule has 11 rings (SSSR count). The van der Waals surface area contributed by atoms with Gasteiger partial charge in [0.1, 0.15) is 0 Å². The lowest BCUT2D eigenvalue weighted by Gasteiger charge is -2.26. The third-order valence-corrected chi connectivity index (χ3v) is 13.6. The summed E-state index contributed by atoms with van der Waals surface area (Å²) in [5, 5.41) is 5.21. The van der Waals surface area contributed by atoms with Crippen molar-refractivity contribution in [3.05, 3.63) is 212 Å². The summed E-state index contributed by atoms with van der Waals surface area (Å²) in [5.41, 5.74) is 13.3. The maximum absolute atomic E-state index is 2.44. The number of hydrogen-bond acceptors (Lipinski definition) is 3. The van der Waals surface area contributed by atoms with Crippen molar-refractivity contribution in [2.75, 3.05) is 4.90 Å². The van der Waals surface area contributed by atoms with Gasteiger partial charge in [0, 0.05) is 47.0 Å². The van der Waals surface area contributed by atoms with Crippen LogP contribution in [0.25, 0.3) is 84.9 Å². The Labute approximate surface area is 340 Å². The molecular weight excluding hydrogens is 727 g/mol. The maximum Gasteiger partial charge on any atom is 0.0640 e. The van der Waals surface area contributed by atoms with Crippen molar-refractivity contribution in [3.8, 4) is 44.5 Å². The molecule has 0 aliphatic rings. The number of nitrogens with zero attached hydrogens (tertiary/aromatic N) is 1. The van der Waals surface area contributed by atoms with Crippen LogP contribution in [0.3, 0.4) is 0 Å². The highest BCUT2D eigenvalue weighted by atomic mass is 32.1. The summed E-state index contributed by atoms with van der Waals surface area (Å²) in [7, 11) is 0. The van der Waals surface area contributed by atoms with Crippen LogP contribution >= 0.6 is 22.7 Å². The Hall–Kier alpha value is -6.78. The first-order valence-corrected chi connectivity index (χ1v) is 21.0. The van der Waals surface area contributed by atoms with E-state index in [1.165, 1.54) is 90.5 Å². The lowest BCUT2D eigenvalue weighted by Crippen LogP contribution is -2.10. The van der Waals surface area contributed by atoms with Crippen LogP contribution < -0.4 is 4.90 Å². The minimum atomic E-state index is 1.12. The molecular formula is C54H35NS2. The van der Waals surface area contributed by atoms with Crippen molar-refractivity contribution < 1.29 is 0 Å². The lowest BCUT2D eigenvalue weighted by atomic mass is 10.00. The topological polar surface area (TPSA) is 3.24 Å². The third-order valence-electron chi connectivity index (χ3n) is 11.1. The number of thiophene rings is 2. The van der Waals surface area contributed by atoms with Gasteiger partial charge >= 0.3 is 0 Å². The molecule has 0 aliphatic carbocycles. The van der Waals surface area contributed by atoms with Crippen LogP contribution in [0, 0.1) is 0 Å². The summed E-state index contributed by atoms with van der Waals surface area (Å²) in [4.78, 5) is 2.44. The second kappa shape index (κ2) is 14.1. The van der Waals surface area contributed by atoms with E-state index in [2.05, 4.69) is 217 Å². The summed E-state index contributed by atoms with van der Waals surface area (Å²) >= 11 is 3.77. The van der Waals surface area contributed by atoms with Gasteiger partial charge < -0.3 is 4.90 Å². The second-order valence-electron chi connectivity index (χ2n) is 14.5. The van der Waals surface area contributed by atoms with Crippen LogP contribution in [0.1, 0.15) is 0 Å². The molecule has 0 N–H and O–H groups in total. The van der Waals surface area contributed by atoms with Gasteiger partial charge in [-0.2, -0.15) is 0 Å². The first-order valence-electron chi connectivity index (χ1n) is 19.3. The van der Waals surface area contributed by atoms with E-state index in [9.17, 15) is 0 Å². The highest BCUT2D eigenvalue weighted by Gasteiger charge is 2.20. The molecule has 0 bridgehead atoms. The van der Waals surface area contributed by atoms with Gasteiger partial charge in [0.05, 0.1) is 10.4 Å². The van der Waals surface area contributed by atoms with E-state index >= 15 is 0 Å². The Balaban J connectivity index is 1.04. The summed E-state index contributed by atoms with van der Waals surface area (Å²) < 4.78 is 5.24. The number of rotatable bonds is 7. The summed E-state index contributed by atoms with van der Waals surface area (Å²) in [6.07, 6.45) is 0. The normalized spacial score (nSPS) is 11.5. The molecule has 268 valence electrons. The van der Waals surface area contributed by atoms with E-state index in [1.54, 1.807) is 0 Å². The number of anilines is 3. The zero-order valence-electron chi connectivity index (χ0n) is 31.0. The molecule has 0 saturated heterocycles. The highest BCUT2D eigenvalue weighted by Crippen LogP contribution is 2.48. The fraction of sp³-hybridized carbons (Fsp3) is 0. The van der Waals surface area contributed by atoms with Crippen LogP contribution in [0.15, 0.2) is 212 Å². The molecule has 0 saturated carbocycles. The molecule has 0 unspecified atom stereocenters. The molecule has 0 aliphatic heterocycles. The van der Waals surface area contributed by atoms with Gasteiger partial charge in [0.25, 0.3) is 0 Å². The molecule has 9 aromatic carbocycles. The molecule has 1 nitrogen and oxygen atoms in total. The van der Waals surface area contributed by atoms with Crippen molar-refractivity contribution in [1.82, 2.24) is 0 Å². The molecule has 11 aromatic rings. The van der Waals surface area contributed by atoms with E-state index in [1.807, 2.05) is 22.7 Å². The Bertz CT molecular complexity index is 3200. The summed E-state index contributed by atoms with van der Waals surface area (Å²) in [6.45, 7) is 0. The van der Waals surface area contributed by atoms with Crippen molar-refractivity contribution in [2.45, 2.75) is 0 Å². The van der Waals surface area contributed by atoms with Crippen LogP contribution in [0.5, 0.6) is 0 Å². The molecule has 0 radical (unpaired) electrons. The third kappa shape index (κ3) is 5.91. The molecule has 2 heterocycles. The van der Waals surface area contributed by atoms with Gasteiger partial charge in [-0.1, -0.05) is 176 Å². The standard InChI is InChI=1S/C54H35NS2/c1-3-12-36(13-4-1)37-24-26-38(27-25-37)39-28-32-42(33-29-39)55(43-34-30-41(31-35-43)45-18-9-19-47-46-16-7-8-23-51(46)56-52(45)47)50-22-11-21-49-48-20-10-17-44(53(48)57-54(49)50)40-14-5-2-6-15-40/h1-35H. The monoisotopic (exact) mass is 761 g/mol. The van der Waals surface area contributed by atoms with Crippen molar-refractivity contribution in [2.24, 2.45) is 0 Å². The molecule has 2 aromatic heterocycles. The predicted octanol–water partition coefficient (Wildman–Crippen LogP) is 16.6.